The minimum atomic E-state index is -0.545. The summed E-state index contributed by atoms with van der Waals surface area (Å²) in [4.78, 5) is 15.3. The molecular formula is C12H9NO5. The van der Waals surface area contributed by atoms with E-state index in [2.05, 4.69) is 9.72 Å². The molecule has 0 spiro atoms. The Kier molecular flexibility index (Phi) is 2.40. The maximum Gasteiger partial charge on any atom is 0.360 e. The summed E-state index contributed by atoms with van der Waals surface area (Å²) in [7, 11) is 1.29. The van der Waals surface area contributed by atoms with E-state index in [9.17, 15) is 4.79 Å². The van der Waals surface area contributed by atoms with Crippen LogP contribution in [0.4, 0.5) is 0 Å². The molecule has 0 radical (unpaired) electrons. The van der Waals surface area contributed by atoms with E-state index in [1.165, 1.54) is 13.5 Å². The van der Waals surface area contributed by atoms with Gasteiger partial charge in [-0.15, -0.1) is 0 Å². The summed E-state index contributed by atoms with van der Waals surface area (Å²) in [5.41, 5.74) is 0.813. The van der Waals surface area contributed by atoms with Crippen molar-refractivity contribution in [3.8, 4) is 22.8 Å². The van der Waals surface area contributed by atoms with E-state index in [0.717, 1.165) is 0 Å². The van der Waals surface area contributed by atoms with E-state index in [4.69, 9.17) is 13.9 Å². The summed E-state index contributed by atoms with van der Waals surface area (Å²) in [5, 5.41) is 0. The van der Waals surface area contributed by atoms with Gasteiger partial charge in [0.15, 0.2) is 29.3 Å². The second-order valence-corrected chi connectivity index (χ2v) is 3.59. The summed E-state index contributed by atoms with van der Waals surface area (Å²) in [6, 6.07) is 5.25. The fourth-order valence-electron chi connectivity index (χ4n) is 1.73. The predicted octanol–water partition coefficient (Wildman–Crippen LogP) is 1.86. The first kappa shape index (κ1) is 10.6. The lowest BCUT2D eigenvalue weighted by Gasteiger charge is -2.01. The number of methoxy groups -OCH3 is 1. The molecule has 92 valence electrons. The molecule has 0 saturated carbocycles. The van der Waals surface area contributed by atoms with Crippen LogP contribution >= 0.6 is 0 Å². The van der Waals surface area contributed by atoms with Crippen molar-refractivity contribution in [3.63, 3.8) is 0 Å². The number of fused-ring (bicyclic) bond motifs is 1. The Morgan fingerprint density at radius 3 is 3.00 bits per heavy atom. The van der Waals surface area contributed by atoms with Crippen LogP contribution in [0, 0.1) is 0 Å². The lowest BCUT2D eigenvalue weighted by Crippen LogP contribution is -2.03. The van der Waals surface area contributed by atoms with Gasteiger partial charge in [0.2, 0.25) is 6.79 Å². The van der Waals surface area contributed by atoms with E-state index in [-0.39, 0.29) is 12.5 Å². The molecule has 0 unspecified atom stereocenters. The Morgan fingerprint density at radius 2 is 2.17 bits per heavy atom. The van der Waals surface area contributed by atoms with Gasteiger partial charge in [-0.05, 0) is 18.2 Å². The second-order valence-electron chi connectivity index (χ2n) is 3.59. The summed E-state index contributed by atoms with van der Waals surface area (Å²) < 4.78 is 20.3. The number of rotatable bonds is 2. The van der Waals surface area contributed by atoms with Crippen LogP contribution in [0.5, 0.6) is 11.5 Å². The smallest absolute Gasteiger partial charge is 0.360 e. The number of ether oxygens (including phenoxy) is 3. The van der Waals surface area contributed by atoms with Crippen molar-refractivity contribution in [1.29, 1.82) is 0 Å². The highest BCUT2D eigenvalue weighted by atomic mass is 16.7. The van der Waals surface area contributed by atoms with Crippen molar-refractivity contribution in [2.24, 2.45) is 0 Å². The largest absolute Gasteiger partial charge is 0.464 e. The maximum atomic E-state index is 11.5. The SMILES string of the molecule is COC(=O)c1ncoc1-c1ccc2c(c1)OCO2. The van der Waals surface area contributed by atoms with E-state index in [0.29, 0.717) is 22.8 Å². The first-order chi connectivity index (χ1) is 8.79. The van der Waals surface area contributed by atoms with Gasteiger partial charge in [-0.1, -0.05) is 0 Å². The third-order valence-corrected chi connectivity index (χ3v) is 2.58. The summed E-state index contributed by atoms with van der Waals surface area (Å²) in [6.45, 7) is 0.194. The number of hydrogen-bond acceptors (Lipinski definition) is 6. The molecular weight excluding hydrogens is 238 g/mol. The third-order valence-electron chi connectivity index (χ3n) is 2.58. The summed E-state index contributed by atoms with van der Waals surface area (Å²) >= 11 is 0. The van der Waals surface area contributed by atoms with Gasteiger partial charge in [0.25, 0.3) is 0 Å². The quantitative estimate of drug-likeness (QED) is 0.754. The Balaban J connectivity index is 2.05. The topological polar surface area (TPSA) is 70.8 Å². The molecule has 2 aromatic rings. The van der Waals surface area contributed by atoms with E-state index >= 15 is 0 Å². The number of nitrogens with zero attached hydrogens (tertiary/aromatic N) is 1. The molecule has 1 aliphatic heterocycles. The zero-order valence-corrected chi connectivity index (χ0v) is 9.50. The normalized spacial score (nSPS) is 12.5. The van der Waals surface area contributed by atoms with Crippen molar-refractivity contribution >= 4 is 5.97 Å². The molecule has 0 saturated heterocycles. The summed E-state index contributed by atoms with van der Waals surface area (Å²) in [6.07, 6.45) is 1.20. The van der Waals surface area contributed by atoms with Crippen LogP contribution in [0.3, 0.4) is 0 Å². The minimum absolute atomic E-state index is 0.136. The van der Waals surface area contributed by atoms with E-state index < -0.39 is 5.97 Å². The van der Waals surface area contributed by atoms with Crippen molar-refractivity contribution in [2.45, 2.75) is 0 Å². The molecule has 3 rings (SSSR count). The molecule has 0 atom stereocenters. The molecule has 2 heterocycles. The number of carbonyl (C=O) groups excluding carboxylic acids is 1. The molecule has 1 aromatic carbocycles. The van der Waals surface area contributed by atoms with Crippen LogP contribution in [0.1, 0.15) is 10.5 Å². The Hall–Kier alpha value is -2.50. The highest BCUT2D eigenvalue weighted by Crippen LogP contribution is 2.36. The number of benzene rings is 1. The van der Waals surface area contributed by atoms with Crippen molar-refractivity contribution < 1.29 is 23.4 Å². The number of carbonyl (C=O) groups is 1. The van der Waals surface area contributed by atoms with Crippen LogP contribution in [-0.2, 0) is 4.74 Å². The molecule has 0 amide bonds. The van der Waals surface area contributed by atoms with Crippen LogP contribution in [0.25, 0.3) is 11.3 Å². The minimum Gasteiger partial charge on any atom is -0.464 e. The Labute approximate surface area is 102 Å². The molecule has 18 heavy (non-hydrogen) atoms. The van der Waals surface area contributed by atoms with Crippen LogP contribution < -0.4 is 9.47 Å². The Bertz CT molecular complexity index is 604. The zero-order valence-electron chi connectivity index (χ0n) is 9.50. The third kappa shape index (κ3) is 1.58. The van der Waals surface area contributed by atoms with Gasteiger partial charge >= 0.3 is 5.97 Å². The fourth-order valence-corrected chi connectivity index (χ4v) is 1.73. The first-order valence-electron chi connectivity index (χ1n) is 5.21. The van der Waals surface area contributed by atoms with Gasteiger partial charge in [-0.25, -0.2) is 9.78 Å². The van der Waals surface area contributed by atoms with Gasteiger partial charge in [0.1, 0.15) is 0 Å². The highest BCUT2D eigenvalue weighted by molar-refractivity contribution is 5.93. The van der Waals surface area contributed by atoms with Crippen LogP contribution in [0.2, 0.25) is 0 Å². The van der Waals surface area contributed by atoms with Crippen LogP contribution in [-0.4, -0.2) is 24.9 Å². The lowest BCUT2D eigenvalue weighted by molar-refractivity contribution is 0.0595. The Morgan fingerprint density at radius 1 is 1.33 bits per heavy atom. The number of aromatic nitrogens is 1. The van der Waals surface area contributed by atoms with E-state index in [1.807, 2.05) is 0 Å². The van der Waals surface area contributed by atoms with Crippen LogP contribution in [0.15, 0.2) is 29.0 Å². The molecule has 6 nitrogen and oxygen atoms in total. The van der Waals surface area contributed by atoms with Crippen molar-refractivity contribution in [1.82, 2.24) is 4.98 Å². The van der Waals surface area contributed by atoms with Gasteiger partial charge < -0.3 is 18.6 Å². The van der Waals surface area contributed by atoms with Crippen molar-refractivity contribution in [2.75, 3.05) is 13.9 Å². The lowest BCUT2D eigenvalue weighted by atomic mass is 10.1. The van der Waals surface area contributed by atoms with E-state index in [1.54, 1.807) is 18.2 Å². The summed E-state index contributed by atoms with van der Waals surface area (Å²) in [5.74, 6) is 1.08. The molecule has 1 aliphatic rings. The standard InChI is InChI=1S/C12H9NO5/c1-15-12(14)10-11(16-5-13-10)7-2-3-8-9(4-7)18-6-17-8/h2-5H,6H2,1H3. The molecule has 1 aromatic heterocycles. The van der Waals surface area contributed by atoms with Gasteiger partial charge in [0, 0.05) is 5.56 Å². The molecule has 6 heteroatoms. The second kappa shape index (κ2) is 4.06. The first-order valence-corrected chi connectivity index (χ1v) is 5.21. The van der Waals surface area contributed by atoms with Crippen molar-refractivity contribution in [3.05, 3.63) is 30.3 Å². The number of hydrogen-bond donors (Lipinski definition) is 0. The zero-order chi connectivity index (χ0) is 12.5. The average molecular weight is 247 g/mol. The highest BCUT2D eigenvalue weighted by Gasteiger charge is 2.21. The number of oxazole rings is 1. The van der Waals surface area contributed by atoms with Gasteiger partial charge in [-0.3, -0.25) is 0 Å². The van der Waals surface area contributed by atoms with Gasteiger partial charge in [0.05, 0.1) is 7.11 Å². The molecule has 0 bridgehead atoms. The average Bonchev–Trinajstić information content (AvgIpc) is 3.05. The molecule has 0 fully saturated rings. The number of esters is 1. The fraction of sp³-hybridized carbons (Fsp3) is 0.167. The predicted molar refractivity (Wildman–Crippen MR) is 59.4 cm³/mol. The monoisotopic (exact) mass is 247 g/mol. The maximum absolute atomic E-state index is 11.5. The van der Waals surface area contributed by atoms with Gasteiger partial charge in [-0.2, -0.15) is 0 Å². The molecule has 0 N–H and O–H groups in total. The molecule has 0 aliphatic carbocycles.